The summed E-state index contributed by atoms with van der Waals surface area (Å²) in [5, 5.41) is 7.71. The predicted molar refractivity (Wildman–Crippen MR) is 103 cm³/mol. The molecule has 2 heterocycles. The van der Waals surface area contributed by atoms with Crippen LogP contribution in [0.2, 0.25) is 0 Å². The highest BCUT2D eigenvalue weighted by Crippen LogP contribution is 2.26. The molecule has 0 bridgehead atoms. The van der Waals surface area contributed by atoms with Crippen molar-refractivity contribution in [2.75, 3.05) is 13.7 Å². The molecule has 0 saturated heterocycles. The second-order valence-electron chi connectivity index (χ2n) is 7.70. The number of benzene rings is 1. The Labute approximate surface area is 160 Å². The summed E-state index contributed by atoms with van der Waals surface area (Å²) in [5.41, 5.74) is 4.77. The molecule has 0 atom stereocenters. The number of hydrogen-bond donors (Lipinski definition) is 1. The van der Waals surface area contributed by atoms with Crippen LogP contribution in [0.1, 0.15) is 41.8 Å². The maximum absolute atomic E-state index is 12.0. The maximum Gasteiger partial charge on any atom is 0.223 e. The van der Waals surface area contributed by atoms with Crippen LogP contribution < -0.4 is 10.1 Å². The third kappa shape index (κ3) is 4.00. The first kappa shape index (κ1) is 18.0. The highest BCUT2D eigenvalue weighted by molar-refractivity contribution is 5.79. The Morgan fingerprint density at radius 1 is 1.30 bits per heavy atom. The number of methoxy groups -OCH3 is 1. The summed E-state index contributed by atoms with van der Waals surface area (Å²) in [4.78, 5) is 14.5. The van der Waals surface area contributed by atoms with Gasteiger partial charge in [-0.15, -0.1) is 0 Å². The van der Waals surface area contributed by atoms with Crippen molar-refractivity contribution in [2.45, 2.75) is 52.4 Å². The Balaban J connectivity index is 1.35. The zero-order valence-electron chi connectivity index (χ0n) is 16.2. The van der Waals surface area contributed by atoms with E-state index in [1.807, 2.05) is 6.07 Å². The van der Waals surface area contributed by atoms with Crippen LogP contribution >= 0.6 is 0 Å². The van der Waals surface area contributed by atoms with Crippen LogP contribution in [0.15, 0.2) is 24.3 Å². The van der Waals surface area contributed by atoms with Gasteiger partial charge < -0.3 is 10.1 Å². The van der Waals surface area contributed by atoms with Gasteiger partial charge >= 0.3 is 0 Å². The molecule has 1 saturated carbocycles. The topological polar surface area (TPSA) is 59.4 Å². The molecule has 0 unspecified atom stereocenters. The normalized spacial score (nSPS) is 17.3. The molecule has 6 nitrogen and oxygen atoms in total. The van der Waals surface area contributed by atoms with Crippen LogP contribution in [0.5, 0.6) is 5.75 Å². The third-order valence-electron chi connectivity index (χ3n) is 5.79. The molecular weight excluding hydrogens is 340 g/mol. The number of aryl methyl sites for hydroxylation is 1. The molecule has 0 spiro atoms. The fraction of sp³-hybridized carbons (Fsp3) is 0.524. The minimum atomic E-state index is 0.184. The number of amides is 1. The fourth-order valence-electron chi connectivity index (χ4n) is 3.81. The van der Waals surface area contributed by atoms with Crippen molar-refractivity contribution >= 4 is 5.91 Å². The summed E-state index contributed by atoms with van der Waals surface area (Å²) in [6.45, 7) is 6.35. The minimum Gasteiger partial charge on any atom is -0.497 e. The second kappa shape index (κ2) is 7.72. The van der Waals surface area contributed by atoms with Gasteiger partial charge in [0.2, 0.25) is 5.91 Å². The van der Waals surface area contributed by atoms with Crippen LogP contribution in [0.3, 0.4) is 0 Å². The third-order valence-corrected chi connectivity index (χ3v) is 5.79. The number of rotatable bonds is 6. The zero-order valence-corrected chi connectivity index (χ0v) is 16.2. The molecule has 27 heavy (non-hydrogen) atoms. The van der Waals surface area contributed by atoms with Crippen molar-refractivity contribution in [2.24, 2.45) is 5.92 Å². The first-order valence-electron chi connectivity index (χ1n) is 9.81. The molecule has 1 aliphatic heterocycles. The van der Waals surface area contributed by atoms with E-state index < -0.39 is 0 Å². The standard InChI is InChI=1S/C21H28N4O2/c1-15-10-20(27-2)7-6-17(15)13-24-8-9-25-19(14-24)11-18(23-25)12-22-21(26)16-4-3-5-16/h6-7,10-11,16H,3-5,8-9,12-14H2,1-2H3,(H,22,26). The van der Waals surface area contributed by atoms with E-state index >= 15 is 0 Å². The summed E-state index contributed by atoms with van der Waals surface area (Å²) in [6, 6.07) is 8.40. The van der Waals surface area contributed by atoms with Crippen molar-refractivity contribution in [3.05, 3.63) is 46.8 Å². The Hall–Kier alpha value is -2.34. The molecule has 1 N–H and O–H groups in total. The molecule has 2 aromatic rings. The first-order chi connectivity index (χ1) is 13.1. The van der Waals surface area contributed by atoms with Gasteiger partial charge in [-0.3, -0.25) is 14.4 Å². The fourth-order valence-corrected chi connectivity index (χ4v) is 3.81. The van der Waals surface area contributed by atoms with Crippen LogP contribution in [0, 0.1) is 12.8 Å². The van der Waals surface area contributed by atoms with Gasteiger partial charge in [0.05, 0.1) is 31.6 Å². The van der Waals surface area contributed by atoms with Gasteiger partial charge in [-0.1, -0.05) is 12.5 Å². The van der Waals surface area contributed by atoms with E-state index in [4.69, 9.17) is 4.74 Å². The van der Waals surface area contributed by atoms with Crippen LogP contribution in [-0.4, -0.2) is 34.2 Å². The van der Waals surface area contributed by atoms with Crippen molar-refractivity contribution in [1.29, 1.82) is 0 Å². The molecular formula is C21H28N4O2. The lowest BCUT2D eigenvalue weighted by Crippen LogP contribution is -2.34. The van der Waals surface area contributed by atoms with E-state index in [9.17, 15) is 4.79 Å². The minimum absolute atomic E-state index is 0.184. The van der Waals surface area contributed by atoms with E-state index in [2.05, 4.69) is 45.1 Å². The predicted octanol–water partition coefficient (Wildman–Crippen LogP) is 2.63. The number of carbonyl (C=O) groups is 1. The van der Waals surface area contributed by atoms with Crippen LogP contribution in [0.25, 0.3) is 0 Å². The number of nitrogens with one attached hydrogen (secondary N) is 1. The van der Waals surface area contributed by atoms with Gasteiger partial charge in [-0.2, -0.15) is 5.10 Å². The van der Waals surface area contributed by atoms with Crippen molar-refractivity contribution in [3.63, 3.8) is 0 Å². The molecule has 0 radical (unpaired) electrons. The summed E-state index contributed by atoms with van der Waals surface area (Å²) in [6.07, 6.45) is 3.25. The summed E-state index contributed by atoms with van der Waals surface area (Å²) >= 11 is 0. The van der Waals surface area contributed by atoms with E-state index in [0.717, 1.165) is 50.5 Å². The van der Waals surface area contributed by atoms with Crippen molar-refractivity contribution in [1.82, 2.24) is 20.0 Å². The Morgan fingerprint density at radius 2 is 2.15 bits per heavy atom. The number of carbonyl (C=O) groups excluding carboxylic acids is 1. The Bertz CT molecular complexity index is 826. The number of hydrogen-bond acceptors (Lipinski definition) is 4. The monoisotopic (exact) mass is 368 g/mol. The largest absolute Gasteiger partial charge is 0.497 e. The summed E-state index contributed by atoms with van der Waals surface area (Å²) in [5.74, 6) is 1.32. The molecule has 6 heteroatoms. The highest BCUT2D eigenvalue weighted by atomic mass is 16.5. The van der Waals surface area contributed by atoms with Gasteiger partial charge in [0.1, 0.15) is 5.75 Å². The van der Waals surface area contributed by atoms with Gasteiger partial charge in [-0.05, 0) is 49.1 Å². The van der Waals surface area contributed by atoms with Crippen molar-refractivity contribution in [3.8, 4) is 5.75 Å². The number of aromatic nitrogens is 2. The lowest BCUT2D eigenvalue weighted by Gasteiger charge is -2.28. The van der Waals surface area contributed by atoms with E-state index in [1.54, 1.807) is 7.11 Å². The molecule has 1 aromatic carbocycles. The van der Waals surface area contributed by atoms with E-state index in [0.29, 0.717) is 6.54 Å². The Morgan fingerprint density at radius 3 is 2.85 bits per heavy atom. The Kier molecular flexibility index (Phi) is 5.16. The van der Waals surface area contributed by atoms with Gasteiger partial charge in [0.15, 0.2) is 0 Å². The average molecular weight is 368 g/mol. The molecule has 1 aliphatic carbocycles. The zero-order chi connectivity index (χ0) is 18.8. The number of nitrogens with zero attached hydrogens (tertiary/aromatic N) is 3. The molecule has 1 aromatic heterocycles. The summed E-state index contributed by atoms with van der Waals surface area (Å²) in [7, 11) is 1.70. The molecule has 1 amide bonds. The van der Waals surface area contributed by atoms with E-state index in [-0.39, 0.29) is 11.8 Å². The van der Waals surface area contributed by atoms with Crippen molar-refractivity contribution < 1.29 is 9.53 Å². The second-order valence-corrected chi connectivity index (χ2v) is 7.70. The van der Waals surface area contributed by atoms with E-state index in [1.165, 1.54) is 23.2 Å². The van der Waals surface area contributed by atoms with Gasteiger partial charge in [0, 0.05) is 25.6 Å². The lowest BCUT2D eigenvalue weighted by molar-refractivity contribution is -0.127. The molecule has 1 fully saturated rings. The summed E-state index contributed by atoms with van der Waals surface area (Å²) < 4.78 is 7.38. The SMILES string of the molecule is COc1ccc(CN2CCn3nc(CNC(=O)C4CCC4)cc3C2)c(C)c1. The first-order valence-corrected chi connectivity index (χ1v) is 9.81. The molecule has 2 aliphatic rings. The average Bonchev–Trinajstić information content (AvgIpc) is 3.02. The highest BCUT2D eigenvalue weighted by Gasteiger charge is 2.25. The molecule has 4 rings (SSSR count). The van der Waals surface area contributed by atoms with Crippen LogP contribution in [0.4, 0.5) is 0 Å². The van der Waals surface area contributed by atoms with Gasteiger partial charge in [0.25, 0.3) is 0 Å². The van der Waals surface area contributed by atoms with Gasteiger partial charge in [-0.25, -0.2) is 0 Å². The molecule has 144 valence electrons. The maximum atomic E-state index is 12.0. The quantitative estimate of drug-likeness (QED) is 0.852. The van der Waals surface area contributed by atoms with Crippen LogP contribution in [-0.2, 0) is 31.0 Å². The smallest absolute Gasteiger partial charge is 0.223 e. The number of ether oxygens (including phenoxy) is 1. The lowest BCUT2D eigenvalue weighted by atomic mass is 9.85. The number of fused-ring (bicyclic) bond motifs is 1.